The first kappa shape index (κ1) is 28.3. The number of esters is 1. The van der Waals surface area contributed by atoms with Crippen LogP contribution in [0.5, 0.6) is 11.5 Å². The molecule has 3 rings (SSSR count). The third-order valence-electron chi connectivity index (χ3n) is 6.31. The molecule has 0 aliphatic carbocycles. The molecule has 0 N–H and O–H groups in total. The van der Waals surface area contributed by atoms with E-state index in [1.54, 1.807) is 0 Å². The van der Waals surface area contributed by atoms with Gasteiger partial charge in [-0.1, -0.05) is 88.1 Å². The van der Waals surface area contributed by atoms with Crippen LogP contribution in [0.15, 0.2) is 72.8 Å². The van der Waals surface area contributed by atoms with Gasteiger partial charge in [-0.3, -0.25) is 4.79 Å². The maximum absolute atomic E-state index is 11.6. The van der Waals surface area contributed by atoms with Gasteiger partial charge >= 0.3 is 5.97 Å². The Balaban J connectivity index is 1.41. The average molecular weight is 503 g/mol. The fourth-order valence-electron chi connectivity index (χ4n) is 4.12. The molecule has 0 spiro atoms. The number of benzene rings is 3. The van der Waals surface area contributed by atoms with Crippen LogP contribution < -0.4 is 9.47 Å². The minimum atomic E-state index is -0.281. The molecule has 1 unspecified atom stereocenters. The molecular weight excluding hydrogens is 460 g/mol. The molecule has 4 heteroatoms. The van der Waals surface area contributed by atoms with E-state index >= 15 is 0 Å². The molecule has 0 heterocycles. The molecule has 3 aromatic carbocycles. The molecule has 198 valence electrons. The molecule has 0 aliphatic heterocycles. The normalized spacial score (nSPS) is 11.6. The van der Waals surface area contributed by atoms with Crippen molar-refractivity contribution in [2.24, 2.45) is 0 Å². The summed E-state index contributed by atoms with van der Waals surface area (Å²) in [7, 11) is 0. The van der Waals surface area contributed by atoms with E-state index in [2.05, 4.69) is 55.5 Å². The predicted molar refractivity (Wildman–Crippen MR) is 151 cm³/mol. The lowest BCUT2D eigenvalue weighted by Crippen LogP contribution is -2.21. The highest BCUT2D eigenvalue weighted by atomic mass is 16.6. The summed E-state index contributed by atoms with van der Waals surface area (Å²) < 4.78 is 17.0. The van der Waals surface area contributed by atoms with E-state index in [4.69, 9.17) is 14.2 Å². The Bertz CT molecular complexity index is 1040. The fraction of sp³-hybridized carbons (Fsp3) is 0.424. The highest BCUT2D eigenvalue weighted by molar-refractivity contribution is 5.69. The Morgan fingerprint density at radius 1 is 0.676 bits per heavy atom. The smallest absolute Gasteiger partial charge is 0.306 e. The van der Waals surface area contributed by atoms with Gasteiger partial charge in [-0.15, -0.1) is 0 Å². The van der Waals surface area contributed by atoms with E-state index in [9.17, 15) is 4.79 Å². The van der Waals surface area contributed by atoms with Crippen LogP contribution in [0.2, 0.25) is 0 Å². The quantitative estimate of drug-likeness (QED) is 0.145. The van der Waals surface area contributed by atoms with Crippen LogP contribution in [0.25, 0.3) is 11.1 Å². The van der Waals surface area contributed by atoms with Gasteiger partial charge in [0.25, 0.3) is 0 Å². The number of aryl methyl sites for hydroxylation is 1. The Morgan fingerprint density at radius 2 is 1.24 bits per heavy atom. The van der Waals surface area contributed by atoms with Crippen molar-refractivity contribution < 1.29 is 19.0 Å². The zero-order valence-electron chi connectivity index (χ0n) is 22.7. The van der Waals surface area contributed by atoms with Gasteiger partial charge in [0, 0.05) is 6.42 Å². The highest BCUT2D eigenvalue weighted by Crippen LogP contribution is 2.23. The first-order chi connectivity index (χ1) is 18.1. The van der Waals surface area contributed by atoms with E-state index in [1.165, 1.54) is 55.2 Å². The molecule has 3 aromatic rings. The Morgan fingerprint density at radius 3 is 1.84 bits per heavy atom. The first-order valence-electron chi connectivity index (χ1n) is 13.8. The van der Waals surface area contributed by atoms with Gasteiger partial charge in [-0.2, -0.15) is 0 Å². The van der Waals surface area contributed by atoms with Crippen molar-refractivity contribution in [2.45, 2.75) is 84.8 Å². The molecular formula is C33H42O4. The zero-order chi connectivity index (χ0) is 26.3. The largest absolute Gasteiger partial charge is 0.490 e. The van der Waals surface area contributed by atoms with Gasteiger partial charge in [0.15, 0.2) is 0 Å². The van der Waals surface area contributed by atoms with E-state index < -0.39 is 0 Å². The number of hydrogen-bond acceptors (Lipinski definition) is 4. The van der Waals surface area contributed by atoms with Gasteiger partial charge in [-0.05, 0) is 72.7 Å². The molecule has 0 saturated carbocycles. The van der Waals surface area contributed by atoms with Crippen LogP contribution in [0.3, 0.4) is 0 Å². The Kier molecular flexibility index (Phi) is 12.1. The van der Waals surface area contributed by atoms with E-state index in [0.29, 0.717) is 19.6 Å². The molecule has 0 saturated heterocycles. The van der Waals surface area contributed by atoms with Crippen molar-refractivity contribution in [1.82, 2.24) is 0 Å². The summed E-state index contributed by atoms with van der Waals surface area (Å²) in [5, 5.41) is 0. The van der Waals surface area contributed by atoms with Crippen molar-refractivity contribution in [2.75, 3.05) is 6.61 Å². The topological polar surface area (TPSA) is 44.8 Å². The third kappa shape index (κ3) is 10.3. The number of hydrogen-bond donors (Lipinski definition) is 0. The molecule has 4 nitrogen and oxygen atoms in total. The van der Waals surface area contributed by atoms with E-state index in [0.717, 1.165) is 23.5 Å². The molecule has 0 radical (unpaired) electrons. The van der Waals surface area contributed by atoms with Gasteiger partial charge < -0.3 is 14.2 Å². The molecule has 0 fully saturated rings. The van der Waals surface area contributed by atoms with Gasteiger partial charge in [0.1, 0.15) is 30.8 Å². The second-order valence-electron chi connectivity index (χ2n) is 9.68. The number of carbonyl (C=O) groups excluding carboxylic acids is 1. The van der Waals surface area contributed by atoms with Crippen LogP contribution in [0.1, 0.15) is 76.8 Å². The SMILES string of the molecule is CCCCCCCc1ccc(-c2ccc(COc3ccc(OCC(C)OC(=O)CCC)cc3)cc2)cc1. The number of unbranched alkanes of at least 4 members (excludes halogenated alkanes) is 4. The summed E-state index contributed by atoms with van der Waals surface area (Å²) in [6, 6.07) is 25.1. The summed E-state index contributed by atoms with van der Waals surface area (Å²) in [4.78, 5) is 11.6. The lowest BCUT2D eigenvalue weighted by Gasteiger charge is -2.14. The van der Waals surface area contributed by atoms with Crippen LogP contribution in [0.4, 0.5) is 0 Å². The predicted octanol–water partition coefficient (Wildman–Crippen LogP) is 8.56. The van der Waals surface area contributed by atoms with Crippen LogP contribution in [0, 0.1) is 0 Å². The maximum Gasteiger partial charge on any atom is 0.306 e. The lowest BCUT2D eigenvalue weighted by atomic mass is 10.00. The van der Waals surface area contributed by atoms with Gasteiger partial charge in [-0.25, -0.2) is 0 Å². The summed E-state index contributed by atoms with van der Waals surface area (Å²) in [6.07, 6.45) is 8.70. The summed E-state index contributed by atoms with van der Waals surface area (Å²) >= 11 is 0. The minimum Gasteiger partial charge on any atom is -0.490 e. The van der Waals surface area contributed by atoms with E-state index in [-0.39, 0.29) is 12.1 Å². The van der Waals surface area contributed by atoms with Gasteiger partial charge in [0.05, 0.1) is 0 Å². The average Bonchev–Trinajstić information content (AvgIpc) is 2.92. The molecule has 0 bridgehead atoms. The molecule has 0 amide bonds. The highest BCUT2D eigenvalue weighted by Gasteiger charge is 2.09. The van der Waals surface area contributed by atoms with Crippen molar-refractivity contribution >= 4 is 5.97 Å². The molecule has 37 heavy (non-hydrogen) atoms. The van der Waals surface area contributed by atoms with E-state index in [1.807, 2.05) is 38.1 Å². The summed E-state index contributed by atoms with van der Waals surface area (Å²) in [5.41, 5.74) is 5.00. The first-order valence-corrected chi connectivity index (χ1v) is 13.8. The van der Waals surface area contributed by atoms with Crippen LogP contribution in [-0.4, -0.2) is 18.7 Å². The van der Waals surface area contributed by atoms with Crippen molar-refractivity contribution in [3.8, 4) is 22.6 Å². The lowest BCUT2D eigenvalue weighted by molar-refractivity contribution is -0.149. The Hall–Kier alpha value is -3.27. The van der Waals surface area contributed by atoms with Crippen molar-refractivity contribution in [1.29, 1.82) is 0 Å². The van der Waals surface area contributed by atoms with Crippen molar-refractivity contribution in [3.05, 3.63) is 83.9 Å². The van der Waals surface area contributed by atoms with Gasteiger partial charge in [0.2, 0.25) is 0 Å². The zero-order valence-corrected chi connectivity index (χ0v) is 22.7. The van der Waals surface area contributed by atoms with Crippen LogP contribution in [-0.2, 0) is 22.6 Å². The summed E-state index contributed by atoms with van der Waals surface area (Å²) in [6.45, 7) is 6.87. The number of rotatable bonds is 16. The maximum atomic E-state index is 11.6. The summed E-state index contributed by atoms with van der Waals surface area (Å²) in [5.74, 6) is 1.32. The number of carbonyl (C=O) groups is 1. The molecule has 0 aliphatic rings. The third-order valence-corrected chi connectivity index (χ3v) is 6.31. The second-order valence-corrected chi connectivity index (χ2v) is 9.68. The fourth-order valence-corrected chi connectivity index (χ4v) is 4.12. The number of ether oxygens (including phenoxy) is 3. The minimum absolute atomic E-state index is 0.184. The van der Waals surface area contributed by atoms with Crippen LogP contribution >= 0.6 is 0 Å². The standard InChI is InChI=1S/C33H42O4/c1-4-6-7-8-9-11-27-12-16-29(17-13-27)30-18-14-28(15-19-30)25-36-32-22-20-31(21-23-32)35-24-26(3)37-33(34)10-5-2/h12-23,26H,4-11,24-25H2,1-3H3. The second kappa shape index (κ2) is 15.8. The Labute approximate surface area is 223 Å². The van der Waals surface area contributed by atoms with Crippen molar-refractivity contribution in [3.63, 3.8) is 0 Å². The molecule has 1 atom stereocenters. The monoisotopic (exact) mass is 502 g/mol. The molecule has 0 aromatic heterocycles.